The number of rotatable bonds is 4. The van der Waals surface area contributed by atoms with Gasteiger partial charge in [0, 0.05) is 26.7 Å². The van der Waals surface area contributed by atoms with Crippen molar-refractivity contribution >= 4 is 23.9 Å². The minimum Gasteiger partial charge on any atom is -0.481 e. The molecule has 0 radical (unpaired) electrons. The van der Waals surface area contributed by atoms with Crippen molar-refractivity contribution in [3.8, 4) is 0 Å². The monoisotopic (exact) mass is 252 g/mol. The van der Waals surface area contributed by atoms with Crippen molar-refractivity contribution in [2.24, 2.45) is 0 Å². The second-order valence-corrected chi connectivity index (χ2v) is 2.68. The smallest absolute Gasteiger partial charge is 0.303 e. The molecule has 100 valence electrons. The van der Waals surface area contributed by atoms with E-state index in [0.717, 1.165) is 13.8 Å². The average molecular weight is 252 g/mol. The fourth-order valence-corrected chi connectivity index (χ4v) is 0.391. The van der Waals surface area contributed by atoms with Gasteiger partial charge in [0.15, 0.2) is 0 Å². The molecular formula is C9H16O8. The van der Waals surface area contributed by atoms with Crippen LogP contribution in [-0.4, -0.2) is 44.3 Å². The van der Waals surface area contributed by atoms with Crippen LogP contribution in [0.1, 0.15) is 33.1 Å². The molecule has 8 nitrogen and oxygen atoms in total. The second kappa shape index (κ2) is 13.9. The summed E-state index contributed by atoms with van der Waals surface area (Å²) in [6.45, 7) is 2.17. The Morgan fingerprint density at radius 3 is 1.00 bits per heavy atom. The molecule has 0 aliphatic rings. The molecule has 0 saturated carbocycles. The molecule has 0 spiro atoms. The van der Waals surface area contributed by atoms with E-state index in [1.54, 1.807) is 0 Å². The van der Waals surface area contributed by atoms with E-state index in [-0.39, 0.29) is 19.3 Å². The molecule has 0 fully saturated rings. The maximum atomic E-state index is 9.79. The van der Waals surface area contributed by atoms with Gasteiger partial charge in [-0.25, -0.2) is 0 Å². The van der Waals surface area contributed by atoms with Crippen LogP contribution < -0.4 is 0 Å². The molecule has 4 N–H and O–H groups in total. The second-order valence-electron chi connectivity index (χ2n) is 2.68. The molecule has 8 heteroatoms. The van der Waals surface area contributed by atoms with Gasteiger partial charge in [0.05, 0.1) is 0 Å². The first kappa shape index (κ1) is 20.3. The lowest BCUT2D eigenvalue weighted by atomic mass is 10.2. The van der Waals surface area contributed by atoms with Crippen molar-refractivity contribution in [1.29, 1.82) is 0 Å². The summed E-state index contributed by atoms with van der Waals surface area (Å²) in [5, 5.41) is 30.9. The molecule has 0 amide bonds. The van der Waals surface area contributed by atoms with E-state index in [2.05, 4.69) is 0 Å². The first-order valence-corrected chi connectivity index (χ1v) is 4.42. The largest absolute Gasteiger partial charge is 0.481 e. The summed E-state index contributed by atoms with van der Waals surface area (Å²) in [6.07, 6.45) is 0.0866. The van der Waals surface area contributed by atoms with Crippen LogP contribution in [0.25, 0.3) is 0 Å². The van der Waals surface area contributed by atoms with Crippen molar-refractivity contribution in [2.45, 2.75) is 33.1 Å². The fraction of sp³-hybridized carbons (Fsp3) is 0.556. The number of hydrogen-bond acceptors (Lipinski definition) is 4. The predicted molar refractivity (Wildman–Crippen MR) is 55.7 cm³/mol. The third kappa shape index (κ3) is 130. The molecule has 0 aromatic carbocycles. The third-order valence-corrected chi connectivity index (χ3v) is 0.781. The lowest BCUT2D eigenvalue weighted by Crippen LogP contribution is -1.98. The lowest BCUT2D eigenvalue weighted by Gasteiger charge is -1.89. The lowest BCUT2D eigenvalue weighted by molar-refractivity contribution is -0.139. The first-order chi connectivity index (χ1) is 7.59. The summed E-state index contributed by atoms with van der Waals surface area (Å²) in [5.74, 6) is -3.56. The normalized spacial score (nSPS) is 7.65. The Kier molecular flexibility index (Phi) is 16.6. The van der Waals surface area contributed by atoms with E-state index in [1.165, 1.54) is 0 Å². The van der Waals surface area contributed by atoms with Gasteiger partial charge in [0.25, 0.3) is 11.9 Å². The Morgan fingerprint density at radius 1 is 0.706 bits per heavy atom. The highest BCUT2D eigenvalue weighted by atomic mass is 16.4. The number of aliphatic carboxylic acids is 4. The summed E-state index contributed by atoms with van der Waals surface area (Å²) in [4.78, 5) is 37.6. The molecule has 0 heterocycles. The zero-order valence-corrected chi connectivity index (χ0v) is 9.54. The van der Waals surface area contributed by atoms with Crippen molar-refractivity contribution < 1.29 is 39.6 Å². The maximum Gasteiger partial charge on any atom is 0.303 e. The van der Waals surface area contributed by atoms with Crippen LogP contribution in [0.3, 0.4) is 0 Å². The van der Waals surface area contributed by atoms with E-state index in [1.807, 2.05) is 0 Å². The van der Waals surface area contributed by atoms with Crippen LogP contribution >= 0.6 is 0 Å². The minimum atomic E-state index is -0.948. The Morgan fingerprint density at radius 2 is 0.882 bits per heavy atom. The predicted octanol–water partition coefficient (Wildman–Crippen LogP) is 0.508. The highest BCUT2D eigenvalue weighted by Crippen LogP contribution is 1.93. The summed E-state index contributed by atoms with van der Waals surface area (Å²) in [7, 11) is 0. The van der Waals surface area contributed by atoms with Crippen LogP contribution in [0.2, 0.25) is 0 Å². The molecule has 0 aromatic rings. The zero-order valence-electron chi connectivity index (χ0n) is 9.54. The molecule has 0 unspecified atom stereocenters. The number of carboxylic acids is 4. The van der Waals surface area contributed by atoms with Crippen molar-refractivity contribution in [3.63, 3.8) is 0 Å². The van der Waals surface area contributed by atoms with E-state index in [4.69, 9.17) is 30.0 Å². The zero-order chi connectivity index (χ0) is 14.4. The summed E-state index contributed by atoms with van der Waals surface area (Å²) in [6, 6.07) is 0. The van der Waals surface area contributed by atoms with Gasteiger partial charge in [0.1, 0.15) is 0 Å². The fourth-order valence-electron chi connectivity index (χ4n) is 0.391. The summed E-state index contributed by atoms with van der Waals surface area (Å²) >= 11 is 0. The van der Waals surface area contributed by atoms with E-state index in [0.29, 0.717) is 0 Å². The van der Waals surface area contributed by atoms with Crippen LogP contribution in [-0.2, 0) is 19.2 Å². The van der Waals surface area contributed by atoms with Gasteiger partial charge in [-0.15, -0.1) is 0 Å². The highest BCUT2D eigenvalue weighted by Gasteiger charge is 1.99. The molecule has 0 saturated heterocycles. The SMILES string of the molecule is CC(=O)O.CC(=O)O.O=C(O)CCCC(=O)O. The molecule has 0 aliphatic heterocycles. The molecule has 0 bridgehead atoms. The first-order valence-electron chi connectivity index (χ1n) is 4.42. The molecule has 0 aliphatic carbocycles. The number of carbonyl (C=O) groups is 4. The molecule has 0 atom stereocenters. The van der Waals surface area contributed by atoms with Gasteiger partial charge >= 0.3 is 11.9 Å². The van der Waals surface area contributed by atoms with Crippen molar-refractivity contribution in [3.05, 3.63) is 0 Å². The van der Waals surface area contributed by atoms with Crippen molar-refractivity contribution in [2.75, 3.05) is 0 Å². The standard InChI is InChI=1S/C5H8O4.2C2H4O2/c6-4(7)2-1-3-5(8)9;2*1-2(3)4/h1-3H2,(H,6,7)(H,8,9);2*1H3,(H,3,4). The molecule has 17 heavy (non-hydrogen) atoms. The average Bonchev–Trinajstić information content (AvgIpc) is 1.99. The van der Waals surface area contributed by atoms with Crippen LogP contribution in [0, 0.1) is 0 Å². The van der Waals surface area contributed by atoms with Gasteiger partial charge in [-0.2, -0.15) is 0 Å². The van der Waals surface area contributed by atoms with Gasteiger partial charge in [-0.1, -0.05) is 0 Å². The highest BCUT2D eigenvalue weighted by molar-refractivity contribution is 5.69. The van der Waals surface area contributed by atoms with Gasteiger partial charge < -0.3 is 20.4 Å². The van der Waals surface area contributed by atoms with Gasteiger partial charge in [-0.05, 0) is 6.42 Å². The Hall–Kier alpha value is -2.12. The number of carboxylic acid groups (broad SMARTS) is 4. The summed E-state index contributed by atoms with van der Waals surface area (Å²) in [5.41, 5.74) is 0. The van der Waals surface area contributed by atoms with E-state index in [9.17, 15) is 9.59 Å². The van der Waals surface area contributed by atoms with Crippen molar-refractivity contribution in [1.82, 2.24) is 0 Å². The van der Waals surface area contributed by atoms with E-state index >= 15 is 0 Å². The topological polar surface area (TPSA) is 149 Å². The molecular weight excluding hydrogens is 236 g/mol. The molecule has 0 rings (SSSR count). The third-order valence-electron chi connectivity index (χ3n) is 0.781. The molecule has 0 aromatic heterocycles. The van der Waals surface area contributed by atoms with E-state index < -0.39 is 23.9 Å². The quantitative estimate of drug-likeness (QED) is 0.565. The van der Waals surface area contributed by atoms with Crippen LogP contribution in [0.15, 0.2) is 0 Å². The van der Waals surface area contributed by atoms with Crippen LogP contribution in [0.5, 0.6) is 0 Å². The van der Waals surface area contributed by atoms with Crippen LogP contribution in [0.4, 0.5) is 0 Å². The summed E-state index contributed by atoms with van der Waals surface area (Å²) < 4.78 is 0. The Labute approximate surface area is 97.5 Å². The number of hydrogen-bond donors (Lipinski definition) is 4. The van der Waals surface area contributed by atoms with Gasteiger partial charge in [-0.3, -0.25) is 19.2 Å². The van der Waals surface area contributed by atoms with Gasteiger partial charge in [0.2, 0.25) is 0 Å². The maximum absolute atomic E-state index is 9.79. The minimum absolute atomic E-state index is 0.0632. The Balaban J connectivity index is -0.000000205. The Bertz CT molecular complexity index is 224.